The summed E-state index contributed by atoms with van der Waals surface area (Å²) >= 11 is 0. The van der Waals surface area contributed by atoms with Gasteiger partial charge in [-0.1, -0.05) is 0 Å². The fourth-order valence-electron chi connectivity index (χ4n) is 2.29. The number of benzene rings is 2. The first-order valence-electron chi connectivity index (χ1n) is 7.38. The normalized spacial score (nSPS) is 12.7. The summed E-state index contributed by atoms with van der Waals surface area (Å²) in [7, 11) is 0. The highest BCUT2D eigenvalue weighted by molar-refractivity contribution is 5.84. The predicted octanol–water partition coefficient (Wildman–Crippen LogP) is 3.07. The number of nitriles is 1. The Morgan fingerprint density at radius 1 is 1.29 bits per heavy atom. The zero-order chi connectivity index (χ0) is 17.7. The molecule has 2 rings (SSSR count). The summed E-state index contributed by atoms with van der Waals surface area (Å²) in [4.78, 5) is 11.9. The first-order chi connectivity index (χ1) is 11.4. The molecule has 0 fully saturated rings. The van der Waals surface area contributed by atoms with E-state index in [1.807, 2.05) is 6.07 Å². The maximum absolute atomic E-state index is 11.9. The highest BCUT2D eigenvalue weighted by Gasteiger charge is 2.36. The first-order valence-corrected chi connectivity index (χ1v) is 7.38. The van der Waals surface area contributed by atoms with Gasteiger partial charge >= 0.3 is 5.97 Å². The summed E-state index contributed by atoms with van der Waals surface area (Å²) in [6.45, 7) is 3.70. The Labute approximate surface area is 139 Å². The SMILES string of the molecule is CCOc1cc(O)cc(C(C)(Nc2ccc(C#N)cc2)C(=O)O)c1. The number of aromatic hydroxyl groups is 1. The van der Waals surface area contributed by atoms with E-state index in [0.29, 0.717) is 29.2 Å². The summed E-state index contributed by atoms with van der Waals surface area (Å²) < 4.78 is 5.37. The summed E-state index contributed by atoms with van der Waals surface area (Å²) in [5, 5.41) is 31.4. The minimum absolute atomic E-state index is 0.0787. The summed E-state index contributed by atoms with van der Waals surface area (Å²) in [5.41, 5.74) is -0.116. The fourth-order valence-corrected chi connectivity index (χ4v) is 2.29. The van der Waals surface area contributed by atoms with E-state index in [2.05, 4.69) is 5.32 Å². The molecular formula is C18H18N2O4. The number of nitrogens with zero attached hydrogens (tertiary/aromatic N) is 1. The van der Waals surface area contributed by atoms with Gasteiger partial charge in [-0.15, -0.1) is 0 Å². The van der Waals surface area contributed by atoms with Crippen LogP contribution in [0.5, 0.6) is 11.5 Å². The van der Waals surface area contributed by atoms with Gasteiger partial charge in [-0.3, -0.25) is 0 Å². The number of ether oxygens (including phenoxy) is 1. The summed E-state index contributed by atoms with van der Waals surface area (Å²) in [6.07, 6.45) is 0. The van der Waals surface area contributed by atoms with Crippen LogP contribution in [0, 0.1) is 11.3 Å². The Kier molecular flexibility index (Phi) is 4.95. The number of aliphatic carboxylic acids is 1. The van der Waals surface area contributed by atoms with Crippen LogP contribution in [0.15, 0.2) is 42.5 Å². The van der Waals surface area contributed by atoms with Crippen LogP contribution in [0.4, 0.5) is 5.69 Å². The molecule has 6 nitrogen and oxygen atoms in total. The van der Waals surface area contributed by atoms with Crippen molar-refractivity contribution in [3.63, 3.8) is 0 Å². The summed E-state index contributed by atoms with van der Waals surface area (Å²) in [5.74, 6) is -0.799. The maximum atomic E-state index is 11.9. The van der Waals surface area contributed by atoms with Crippen LogP contribution in [-0.4, -0.2) is 22.8 Å². The van der Waals surface area contributed by atoms with E-state index in [1.165, 1.54) is 19.1 Å². The molecule has 124 valence electrons. The lowest BCUT2D eigenvalue weighted by Crippen LogP contribution is -2.40. The lowest BCUT2D eigenvalue weighted by Gasteiger charge is -2.28. The fraction of sp³-hybridized carbons (Fsp3) is 0.222. The van der Waals surface area contributed by atoms with Crippen molar-refractivity contribution in [1.82, 2.24) is 0 Å². The smallest absolute Gasteiger partial charge is 0.333 e. The molecule has 3 N–H and O–H groups in total. The molecule has 24 heavy (non-hydrogen) atoms. The van der Waals surface area contributed by atoms with Gasteiger partial charge in [0.1, 0.15) is 11.5 Å². The molecule has 0 saturated heterocycles. The van der Waals surface area contributed by atoms with Crippen LogP contribution >= 0.6 is 0 Å². The van der Waals surface area contributed by atoms with Gasteiger partial charge in [-0.05, 0) is 55.8 Å². The van der Waals surface area contributed by atoms with Gasteiger partial charge in [-0.25, -0.2) is 4.79 Å². The number of anilines is 1. The van der Waals surface area contributed by atoms with E-state index in [4.69, 9.17) is 10.00 Å². The molecule has 0 aliphatic rings. The number of hydrogen-bond donors (Lipinski definition) is 3. The number of phenols is 1. The Balaban J connectivity index is 2.43. The highest BCUT2D eigenvalue weighted by Crippen LogP contribution is 2.32. The Bertz CT molecular complexity index is 781. The number of hydrogen-bond acceptors (Lipinski definition) is 5. The molecule has 0 aliphatic heterocycles. The lowest BCUT2D eigenvalue weighted by atomic mass is 9.91. The third-order valence-electron chi connectivity index (χ3n) is 3.62. The molecule has 0 aromatic heterocycles. The molecule has 0 saturated carbocycles. The predicted molar refractivity (Wildman–Crippen MR) is 89.0 cm³/mol. The number of phenolic OH excluding ortho intramolecular Hbond substituents is 1. The van der Waals surface area contributed by atoms with Crippen molar-refractivity contribution >= 4 is 11.7 Å². The molecule has 0 aliphatic carbocycles. The van der Waals surface area contributed by atoms with Crippen LogP contribution in [-0.2, 0) is 10.3 Å². The summed E-state index contributed by atoms with van der Waals surface area (Å²) in [6, 6.07) is 12.8. The van der Waals surface area contributed by atoms with Crippen molar-refractivity contribution in [3.8, 4) is 17.6 Å². The second-order valence-corrected chi connectivity index (χ2v) is 5.39. The van der Waals surface area contributed by atoms with Gasteiger partial charge in [0.05, 0.1) is 18.2 Å². The second-order valence-electron chi connectivity index (χ2n) is 5.39. The monoisotopic (exact) mass is 326 g/mol. The molecular weight excluding hydrogens is 308 g/mol. The van der Waals surface area contributed by atoms with Crippen molar-refractivity contribution in [1.29, 1.82) is 5.26 Å². The Morgan fingerprint density at radius 2 is 1.96 bits per heavy atom. The van der Waals surface area contributed by atoms with Gasteiger partial charge in [0.15, 0.2) is 5.54 Å². The minimum Gasteiger partial charge on any atom is -0.508 e. The number of rotatable bonds is 6. The molecule has 2 aromatic carbocycles. The largest absolute Gasteiger partial charge is 0.508 e. The molecule has 2 aromatic rings. The van der Waals surface area contributed by atoms with Crippen LogP contribution in [0.2, 0.25) is 0 Å². The van der Waals surface area contributed by atoms with Gasteiger partial charge in [0.25, 0.3) is 0 Å². The van der Waals surface area contributed by atoms with E-state index in [1.54, 1.807) is 37.3 Å². The van der Waals surface area contributed by atoms with Crippen LogP contribution in [0.25, 0.3) is 0 Å². The lowest BCUT2D eigenvalue weighted by molar-refractivity contribution is -0.142. The second kappa shape index (κ2) is 6.92. The van der Waals surface area contributed by atoms with E-state index in [0.717, 1.165) is 0 Å². The number of nitrogens with one attached hydrogen (secondary N) is 1. The molecule has 0 radical (unpaired) electrons. The van der Waals surface area contributed by atoms with Gasteiger partial charge in [-0.2, -0.15) is 5.26 Å². The highest BCUT2D eigenvalue weighted by atomic mass is 16.5. The van der Waals surface area contributed by atoms with Gasteiger partial charge < -0.3 is 20.3 Å². The molecule has 0 heterocycles. The average molecular weight is 326 g/mol. The standard InChI is InChI=1S/C18H18N2O4/c1-3-24-16-9-13(8-15(21)10-16)18(2,17(22)23)20-14-6-4-12(11-19)5-7-14/h4-10,20-21H,3H2,1-2H3,(H,22,23). The zero-order valence-corrected chi connectivity index (χ0v) is 13.4. The van der Waals surface area contributed by atoms with E-state index in [-0.39, 0.29) is 5.75 Å². The molecule has 0 amide bonds. The van der Waals surface area contributed by atoms with Crippen molar-refractivity contribution in [2.24, 2.45) is 0 Å². The quantitative estimate of drug-likeness (QED) is 0.754. The molecule has 1 atom stereocenters. The average Bonchev–Trinajstić information content (AvgIpc) is 2.55. The Hall–Kier alpha value is -3.20. The zero-order valence-electron chi connectivity index (χ0n) is 13.4. The molecule has 1 unspecified atom stereocenters. The maximum Gasteiger partial charge on any atom is 0.333 e. The van der Waals surface area contributed by atoms with Gasteiger partial charge in [0, 0.05) is 11.8 Å². The minimum atomic E-state index is -1.49. The van der Waals surface area contributed by atoms with Crippen molar-refractivity contribution < 1.29 is 19.7 Å². The molecule has 0 spiro atoms. The van der Waals surface area contributed by atoms with Crippen molar-refractivity contribution in [3.05, 3.63) is 53.6 Å². The topological polar surface area (TPSA) is 103 Å². The van der Waals surface area contributed by atoms with E-state index in [9.17, 15) is 15.0 Å². The third-order valence-corrected chi connectivity index (χ3v) is 3.62. The van der Waals surface area contributed by atoms with Crippen molar-refractivity contribution in [2.75, 3.05) is 11.9 Å². The molecule has 0 bridgehead atoms. The molecule has 6 heteroatoms. The third kappa shape index (κ3) is 3.58. The number of carbonyl (C=O) groups is 1. The van der Waals surface area contributed by atoms with Crippen LogP contribution < -0.4 is 10.1 Å². The van der Waals surface area contributed by atoms with E-state index >= 15 is 0 Å². The van der Waals surface area contributed by atoms with E-state index < -0.39 is 11.5 Å². The number of carboxylic acid groups (broad SMARTS) is 1. The van der Waals surface area contributed by atoms with Crippen LogP contribution in [0.3, 0.4) is 0 Å². The van der Waals surface area contributed by atoms with Crippen molar-refractivity contribution in [2.45, 2.75) is 19.4 Å². The number of carboxylic acids is 1. The first kappa shape index (κ1) is 17.2. The van der Waals surface area contributed by atoms with Gasteiger partial charge in [0.2, 0.25) is 0 Å². The van der Waals surface area contributed by atoms with Crippen LogP contribution in [0.1, 0.15) is 25.0 Å². The Morgan fingerprint density at radius 3 is 2.50 bits per heavy atom.